The molecule has 19 heavy (non-hydrogen) atoms. The number of hydrogen-bond acceptors (Lipinski definition) is 2. The van der Waals surface area contributed by atoms with Crippen molar-refractivity contribution in [2.45, 2.75) is 45.1 Å². The molecule has 1 aliphatic carbocycles. The summed E-state index contributed by atoms with van der Waals surface area (Å²) in [6.07, 6.45) is 6.38. The predicted octanol–water partition coefficient (Wildman–Crippen LogP) is 4.52. The van der Waals surface area contributed by atoms with Crippen molar-refractivity contribution in [3.63, 3.8) is 0 Å². The monoisotopic (exact) mass is 321 g/mol. The molecule has 3 nitrogen and oxygen atoms in total. The molecule has 0 amide bonds. The molecule has 2 N–H and O–H groups in total. The Bertz CT molecular complexity index is 582. The van der Waals surface area contributed by atoms with Gasteiger partial charge in [0.1, 0.15) is 0 Å². The second-order valence-corrected chi connectivity index (χ2v) is 6.47. The van der Waals surface area contributed by atoms with Crippen LogP contribution in [0.25, 0.3) is 11.0 Å². The average Bonchev–Trinajstić information content (AvgIpc) is 2.74. The minimum atomic E-state index is 0.516. The molecule has 102 valence electrons. The number of nitrogens with zero attached hydrogens (tertiary/aromatic N) is 2. The van der Waals surface area contributed by atoms with Crippen LogP contribution in [0.2, 0.25) is 0 Å². The molecule has 0 spiro atoms. The van der Waals surface area contributed by atoms with Gasteiger partial charge < -0.3 is 10.3 Å². The SMILES string of the molecule is CCC1CCC(n2c(N)nc3ccc(Br)cc32)CC1. The van der Waals surface area contributed by atoms with Crippen molar-refractivity contribution in [2.24, 2.45) is 5.92 Å². The Morgan fingerprint density at radius 1 is 1.32 bits per heavy atom. The predicted molar refractivity (Wildman–Crippen MR) is 83.1 cm³/mol. The van der Waals surface area contributed by atoms with Crippen LogP contribution in [0.5, 0.6) is 0 Å². The van der Waals surface area contributed by atoms with Gasteiger partial charge in [0.2, 0.25) is 5.95 Å². The van der Waals surface area contributed by atoms with E-state index in [1.165, 1.54) is 32.1 Å². The van der Waals surface area contributed by atoms with Crippen molar-refractivity contribution in [2.75, 3.05) is 5.73 Å². The van der Waals surface area contributed by atoms with Crippen molar-refractivity contribution < 1.29 is 0 Å². The van der Waals surface area contributed by atoms with Crippen LogP contribution >= 0.6 is 15.9 Å². The molecule has 0 aliphatic heterocycles. The highest BCUT2D eigenvalue weighted by atomic mass is 79.9. The first-order valence-electron chi connectivity index (χ1n) is 7.12. The summed E-state index contributed by atoms with van der Waals surface area (Å²) in [5, 5.41) is 0. The van der Waals surface area contributed by atoms with Gasteiger partial charge in [0.15, 0.2) is 0 Å². The maximum Gasteiger partial charge on any atom is 0.201 e. The summed E-state index contributed by atoms with van der Waals surface area (Å²) in [7, 11) is 0. The Kier molecular flexibility index (Phi) is 3.52. The van der Waals surface area contributed by atoms with E-state index in [2.05, 4.69) is 38.5 Å². The second kappa shape index (κ2) is 5.16. The zero-order valence-electron chi connectivity index (χ0n) is 11.3. The van der Waals surface area contributed by atoms with Crippen molar-refractivity contribution >= 4 is 32.9 Å². The molecule has 0 bridgehead atoms. The number of nitrogen functional groups attached to an aromatic ring is 1. The Morgan fingerprint density at radius 2 is 2.05 bits per heavy atom. The Labute approximate surface area is 122 Å². The maximum atomic E-state index is 6.14. The number of anilines is 1. The van der Waals surface area contributed by atoms with E-state index in [-0.39, 0.29) is 0 Å². The first-order valence-corrected chi connectivity index (χ1v) is 7.91. The number of nitrogens with two attached hydrogens (primary N) is 1. The zero-order valence-corrected chi connectivity index (χ0v) is 12.9. The molecule has 1 aliphatic rings. The number of aromatic nitrogens is 2. The lowest BCUT2D eigenvalue weighted by Gasteiger charge is -2.29. The van der Waals surface area contributed by atoms with E-state index >= 15 is 0 Å². The van der Waals surface area contributed by atoms with E-state index in [0.717, 1.165) is 21.4 Å². The van der Waals surface area contributed by atoms with Crippen LogP contribution in [0.3, 0.4) is 0 Å². The number of benzene rings is 1. The summed E-state index contributed by atoms with van der Waals surface area (Å²) in [6.45, 7) is 2.29. The van der Waals surface area contributed by atoms with Crippen molar-refractivity contribution in [3.8, 4) is 0 Å². The molecule has 4 heteroatoms. The zero-order chi connectivity index (χ0) is 13.4. The summed E-state index contributed by atoms with van der Waals surface area (Å²) < 4.78 is 3.33. The van der Waals surface area contributed by atoms with Gasteiger partial charge in [-0.1, -0.05) is 29.3 Å². The summed E-state index contributed by atoms with van der Waals surface area (Å²) in [4.78, 5) is 4.49. The molecule has 0 unspecified atom stereocenters. The van der Waals surface area contributed by atoms with Crippen molar-refractivity contribution in [1.82, 2.24) is 9.55 Å². The van der Waals surface area contributed by atoms with Gasteiger partial charge in [-0.3, -0.25) is 0 Å². The quantitative estimate of drug-likeness (QED) is 0.883. The fraction of sp³-hybridized carbons (Fsp3) is 0.533. The number of fused-ring (bicyclic) bond motifs is 1. The van der Waals surface area contributed by atoms with Gasteiger partial charge in [0.25, 0.3) is 0 Å². The topological polar surface area (TPSA) is 43.8 Å². The van der Waals surface area contributed by atoms with Crippen molar-refractivity contribution in [1.29, 1.82) is 0 Å². The second-order valence-electron chi connectivity index (χ2n) is 5.56. The van der Waals surface area contributed by atoms with Crippen LogP contribution in [0.15, 0.2) is 22.7 Å². The Morgan fingerprint density at radius 3 is 2.74 bits per heavy atom. The Hall–Kier alpha value is -1.03. The first kappa shape index (κ1) is 13.0. The van der Waals surface area contributed by atoms with Crippen LogP contribution in [0, 0.1) is 5.92 Å². The third-order valence-electron chi connectivity index (χ3n) is 4.44. The number of imidazole rings is 1. The highest BCUT2D eigenvalue weighted by Gasteiger charge is 2.24. The lowest BCUT2D eigenvalue weighted by atomic mass is 9.84. The van der Waals surface area contributed by atoms with Crippen LogP contribution in [-0.2, 0) is 0 Å². The van der Waals surface area contributed by atoms with E-state index in [9.17, 15) is 0 Å². The van der Waals surface area contributed by atoms with Crippen LogP contribution in [0.1, 0.15) is 45.1 Å². The third-order valence-corrected chi connectivity index (χ3v) is 4.93. The largest absolute Gasteiger partial charge is 0.369 e. The van der Waals surface area contributed by atoms with Crippen LogP contribution in [-0.4, -0.2) is 9.55 Å². The molecule has 0 atom stereocenters. The van der Waals surface area contributed by atoms with E-state index < -0.39 is 0 Å². The average molecular weight is 322 g/mol. The molecule has 1 aromatic heterocycles. The minimum absolute atomic E-state index is 0.516. The van der Waals surface area contributed by atoms with E-state index in [1.807, 2.05) is 12.1 Å². The van der Waals surface area contributed by atoms with E-state index in [1.54, 1.807) is 0 Å². The fourth-order valence-corrected chi connectivity index (χ4v) is 3.63. The highest BCUT2D eigenvalue weighted by molar-refractivity contribution is 9.10. The molecule has 1 saturated carbocycles. The number of rotatable bonds is 2. The molecule has 1 fully saturated rings. The van der Waals surface area contributed by atoms with Gasteiger partial charge in [0.05, 0.1) is 11.0 Å². The van der Waals surface area contributed by atoms with Gasteiger partial charge in [-0.25, -0.2) is 4.98 Å². The molecular weight excluding hydrogens is 302 g/mol. The highest BCUT2D eigenvalue weighted by Crippen LogP contribution is 2.37. The van der Waals surface area contributed by atoms with Crippen LogP contribution < -0.4 is 5.73 Å². The summed E-state index contributed by atoms with van der Waals surface area (Å²) in [6, 6.07) is 6.70. The molecule has 0 saturated heterocycles. The summed E-state index contributed by atoms with van der Waals surface area (Å²) >= 11 is 3.54. The first-order chi connectivity index (χ1) is 9.19. The molecular formula is C15H20BrN3. The summed E-state index contributed by atoms with van der Waals surface area (Å²) in [5.41, 5.74) is 8.30. The molecule has 1 aromatic carbocycles. The van der Waals surface area contributed by atoms with Gasteiger partial charge in [-0.2, -0.15) is 0 Å². The van der Waals surface area contributed by atoms with E-state index in [0.29, 0.717) is 12.0 Å². The maximum absolute atomic E-state index is 6.14. The Balaban J connectivity index is 1.96. The van der Waals surface area contributed by atoms with Gasteiger partial charge >= 0.3 is 0 Å². The lowest BCUT2D eigenvalue weighted by Crippen LogP contribution is -2.19. The number of halogens is 1. The van der Waals surface area contributed by atoms with Crippen LogP contribution in [0.4, 0.5) is 5.95 Å². The number of hydrogen-bond donors (Lipinski definition) is 1. The van der Waals surface area contributed by atoms with Gasteiger partial charge in [-0.15, -0.1) is 0 Å². The van der Waals surface area contributed by atoms with E-state index in [4.69, 9.17) is 5.73 Å². The smallest absolute Gasteiger partial charge is 0.201 e. The summed E-state index contributed by atoms with van der Waals surface area (Å²) in [5.74, 6) is 1.56. The standard InChI is InChI=1S/C15H20BrN3/c1-2-10-3-6-12(7-4-10)19-14-9-11(16)5-8-13(14)18-15(19)17/h5,8-10,12H,2-4,6-7H2,1H3,(H2,17,18). The van der Waals surface area contributed by atoms with Gasteiger partial charge in [-0.05, 0) is 49.8 Å². The molecule has 3 rings (SSSR count). The minimum Gasteiger partial charge on any atom is -0.369 e. The molecule has 1 heterocycles. The molecule has 0 radical (unpaired) electrons. The lowest BCUT2D eigenvalue weighted by molar-refractivity contribution is 0.275. The normalized spacial score (nSPS) is 23.9. The van der Waals surface area contributed by atoms with Crippen molar-refractivity contribution in [3.05, 3.63) is 22.7 Å². The van der Waals surface area contributed by atoms with Gasteiger partial charge in [0, 0.05) is 10.5 Å². The third kappa shape index (κ3) is 2.38. The molecule has 2 aromatic rings. The fourth-order valence-electron chi connectivity index (χ4n) is 3.28.